The number of nitrogens with two attached hydrogens (primary N) is 1. The topological polar surface area (TPSA) is 95.5 Å². The number of halogens is 1. The van der Waals surface area contributed by atoms with Crippen molar-refractivity contribution in [2.75, 3.05) is 7.11 Å². The number of rotatable bonds is 3. The molecule has 0 saturated carbocycles. The molecular formula is C8H7ClN2O4. The van der Waals surface area contributed by atoms with Crippen molar-refractivity contribution in [2.45, 2.75) is 0 Å². The third-order valence-electron chi connectivity index (χ3n) is 1.75. The summed E-state index contributed by atoms with van der Waals surface area (Å²) in [6.07, 6.45) is 0. The smallest absolute Gasteiger partial charge is 0.288 e. The second-order valence-electron chi connectivity index (χ2n) is 2.60. The zero-order valence-corrected chi connectivity index (χ0v) is 8.45. The van der Waals surface area contributed by atoms with Gasteiger partial charge in [0.05, 0.1) is 12.0 Å². The molecule has 0 radical (unpaired) electrons. The first-order valence-corrected chi connectivity index (χ1v) is 4.17. The zero-order valence-electron chi connectivity index (χ0n) is 7.69. The molecule has 7 heteroatoms. The Kier molecular flexibility index (Phi) is 3.11. The summed E-state index contributed by atoms with van der Waals surface area (Å²) in [5, 5.41) is 10.2. The zero-order chi connectivity index (χ0) is 11.6. The third-order valence-corrected chi connectivity index (χ3v) is 2.13. The first kappa shape index (κ1) is 11.3. The van der Waals surface area contributed by atoms with Crippen LogP contribution in [-0.4, -0.2) is 17.9 Å². The SMILES string of the molecule is COc1ccc([N+](=O)[O-])c(Cl)c1C(N)=O. The van der Waals surface area contributed by atoms with E-state index < -0.39 is 10.8 Å². The molecule has 0 aliphatic carbocycles. The molecule has 80 valence electrons. The van der Waals surface area contributed by atoms with Crippen molar-refractivity contribution in [2.24, 2.45) is 5.73 Å². The lowest BCUT2D eigenvalue weighted by molar-refractivity contribution is -0.384. The minimum absolute atomic E-state index is 0.109. The van der Waals surface area contributed by atoms with Gasteiger partial charge < -0.3 is 10.5 Å². The molecular weight excluding hydrogens is 224 g/mol. The molecule has 1 aromatic carbocycles. The monoisotopic (exact) mass is 230 g/mol. The Bertz CT molecular complexity index is 433. The van der Waals surface area contributed by atoms with Crippen molar-refractivity contribution in [1.29, 1.82) is 0 Å². The van der Waals surface area contributed by atoms with E-state index in [1.165, 1.54) is 13.2 Å². The van der Waals surface area contributed by atoms with E-state index in [1.807, 2.05) is 0 Å². The highest BCUT2D eigenvalue weighted by Crippen LogP contribution is 2.33. The molecule has 0 aromatic heterocycles. The van der Waals surface area contributed by atoms with Crippen LogP contribution in [0.25, 0.3) is 0 Å². The lowest BCUT2D eigenvalue weighted by Gasteiger charge is -2.06. The highest BCUT2D eigenvalue weighted by molar-refractivity contribution is 6.36. The second kappa shape index (κ2) is 4.14. The Hall–Kier alpha value is -1.82. The number of hydrogen-bond donors (Lipinski definition) is 1. The number of carbonyl (C=O) groups excluding carboxylic acids is 1. The summed E-state index contributed by atoms with van der Waals surface area (Å²) < 4.78 is 4.81. The van der Waals surface area contributed by atoms with Crippen molar-refractivity contribution in [3.8, 4) is 5.75 Å². The van der Waals surface area contributed by atoms with Gasteiger partial charge in [-0.3, -0.25) is 14.9 Å². The number of primary amides is 1. The maximum absolute atomic E-state index is 11.0. The molecule has 1 aromatic rings. The minimum atomic E-state index is -0.874. The summed E-state index contributed by atoms with van der Waals surface area (Å²) in [7, 11) is 1.31. The fraction of sp³-hybridized carbons (Fsp3) is 0.125. The van der Waals surface area contributed by atoms with Gasteiger partial charge in [-0.2, -0.15) is 0 Å². The number of nitro benzene ring substituents is 1. The van der Waals surface area contributed by atoms with Gasteiger partial charge in [-0.15, -0.1) is 0 Å². The van der Waals surface area contributed by atoms with Gasteiger partial charge in [0, 0.05) is 6.07 Å². The lowest BCUT2D eigenvalue weighted by atomic mass is 10.1. The van der Waals surface area contributed by atoms with Crippen LogP contribution in [0.5, 0.6) is 5.75 Å². The first-order chi connectivity index (χ1) is 6.99. The van der Waals surface area contributed by atoms with Gasteiger partial charge in [-0.1, -0.05) is 11.6 Å². The summed E-state index contributed by atoms with van der Waals surface area (Å²) in [4.78, 5) is 20.8. The quantitative estimate of drug-likeness (QED) is 0.626. The Morgan fingerprint density at radius 3 is 2.60 bits per heavy atom. The standard InChI is InChI=1S/C8H7ClN2O4/c1-15-5-3-2-4(11(13)14)7(9)6(5)8(10)12/h2-3H,1H3,(H2,10,12). The molecule has 1 amide bonds. The van der Waals surface area contributed by atoms with Crippen LogP contribution in [-0.2, 0) is 0 Å². The highest BCUT2D eigenvalue weighted by Gasteiger charge is 2.22. The van der Waals surface area contributed by atoms with Gasteiger partial charge in [-0.05, 0) is 6.07 Å². The fourth-order valence-electron chi connectivity index (χ4n) is 1.09. The molecule has 1 rings (SSSR count). The number of carbonyl (C=O) groups is 1. The number of nitro groups is 1. The van der Waals surface area contributed by atoms with E-state index in [1.54, 1.807) is 0 Å². The van der Waals surface area contributed by atoms with E-state index in [4.69, 9.17) is 22.1 Å². The van der Waals surface area contributed by atoms with E-state index in [0.29, 0.717) is 0 Å². The van der Waals surface area contributed by atoms with Gasteiger partial charge in [-0.25, -0.2) is 0 Å². The Morgan fingerprint density at radius 1 is 1.60 bits per heavy atom. The van der Waals surface area contributed by atoms with Gasteiger partial charge >= 0.3 is 0 Å². The van der Waals surface area contributed by atoms with Crippen LogP contribution in [0.4, 0.5) is 5.69 Å². The highest BCUT2D eigenvalue weighted by atomic mass is 35.5. The van der Waals surface area contributed by atoms with Crippen molar-refractivity contribution >= 4 is 23.2 Å². The van der Waals surface area contributed by atoms with Crippen molar-refractivity contribution in [3.05, 3.63) is 32.8 Å². The first-order valence-electron chi connectivity index (χ1n) is 3.79. The second-order valence-corrected chi connectivity index (χ2v) is 2.98. The van der Waals surface area contributed by atoms with E-state index in [2.05, 4.69) is 0 Å². The van der Waals surface area contributed by atoms with Crippen molar-refractivity contribution < 1.29 is 14.5 Å². The largest absolute Gasteiger partial charge is 0.496 e. The Balaban J connectivity index is 3.49. The molecule has 0 fully saturated rings. The predicted octanol–water partition coefficient (Wildman–Crippen LogP) is 1.36. The number of ether oxygens (including phenoxy) is 1. The molecule has 15 heavy (non-hydrogen) atoms. The number of methoxy groups -OCH3 is 1. The van der Waals surface area contributed by atoms with Gasteiger partial charge in [0.2, 0.25) is 0 Å². The van der Waals surface area contributed by atoms with Crippen molar-refractivity contribution in [1.82, 2.24) is 0 Å². The Morgan fingerprint density at radius 2 is 2.20 bits per heavy atom. The molecule has 0 aliphatic rings. The van der Waals surface area contributed by atoms with Crippen LogP contribution in [0.1, 0.15) is 10.4 Å². The number of hydrogen-bond acceptors (Lipinski definition) is 4. The summed E-state index contributed by atoms with van der Waals surface area (Å²) in [6.45, 7) is 0. The maximum Gasteiger partial charge on any atom is 0.288 e. The van der Waals surface area contributed by atoms with Crippen LogP contribution in [0.15, 0.2) is 12.1 Å². The van der Waals surface area contributed by atoms with Crippen LogP contribution < -0.4 is 10.5 Å². The average Bonchev–Trinajstić information content (AvgIpc) is 2.15. The van der Waals surface area contributed by atoms with Crippen LogP contribution in [0, 0.1) is 10.1 Å². The van der Waals surface area contributed by atoms with Crippen LogP contribution in [0.3, 0.4) is 0 Å². The summed E-state index contributed by atoms with van der Waals surface area (Å²) >= 11 is 5.66. The summed E-state index contributed by atoms with van der Waals surface area (Å²) in [5.41, 5.74) is 4.46. The molecule has 0 heterocycles. The van der Waals surface area contributed by atoms with E-state index >= 15 is 0 Å². The number of benzene rings is 1. The van der Waals surface area contributed by atoms with E-state index in [0.717, 1.165) is 6.07 Å². The average molecular weight is 231 g/mol. The minimum Gasteiger partial charge on any atom is -0.496 e. The van der Waals surface area contributed by atoms with Gasteiger partial charge in [0.15, 0.2) is 0 Å². The van der Waals surface area contributed by atoms with Crippen molar-refractivity contribution in [3.63, 3.8) is 0 Å². The molecule has 0 atom stereocenters. The molecule has 0 aliphatic heterocycles. The molecule has 6 nitrogen and oxygen atoms in total. The van der Waals surface area contributed by atoms with Gasteiger partial charge in [0.1, 0.15) is 16.3 Å². The molecule has 2 N–H and O–H groups in total. The number of nitrogens with zero attached hydrogens (tertiary/aromatic N) is 1. The summed E-state index contributed by atoms with van der Waals surface area (Å²) in [5.74, 6) is -0.765. The maximum atomic E-state index is 11.0. The third kappa shape index (κ3) is 1.99. The number of amides is 1. The molecule has 0 unspecified atom stereocenters. The fourth-order valence-corrected chi connectivity index (χ4v) is 1.41. The molecule has 0 spiro atoms. The van der Waals surface area contributed by atoms with Gasteiger partial charge in [0.25, 0.3) is 11.6 Å². The predicted molar refractivity (Wildman–Crippen MR) is 53.2 cm³/mol. The van der Waals surface area contributed by atoms with E-state index in [9.17, 15) is 14.9 Å². The normalized spacial score (nSPS) is 9.73. The molecule has 0 saturated heterocycles. The molecule has 0 bridgehead atoms. The van der Waals surface area contributed by atoms with E-state index in [-0.39, 0.29) is 22.0 Å². The van der Waals surface area contributed by atoms with Crippen LogP contribution in [0.2, 0.25) is 5.02 Å². The van der Waals surface area contributed by atoms with Crippen LogP contribution >= 0.6 is 11.6 Å². The lowest BCUT2D eigenvalue weighted by Crippen LogP contribution is -2.13. The Labute approximate surface area is 89.7 Å². The summed E-state index contributed by atoms with van der Waals surface area (Å²) in [6, 6.07) is 2.41.